The number of aromatic nitrogens is 3. The molecular formula is C22H18F4N4O3. The van der Waals surface area contributed by atoms with Crippen LogP contribution in [0, 0.1) is 11.2 Å². The second-order valence-electron chi connectivity index (χ2n) is 8.66. The van der Waals surface area contributed by atoms with Gasteiger partial charge in [0.2, 0.25) is 0 Å². The summed E-state index contributed by atoms with van der Waals surface area (Å²) in [6.07, 6.45) is -2.53. The average Bonchev–Trinajstić information content (AvgIpc) is 3.13. The summed E-state index contributed by atoms with van der Waals surface area (Å²) in [5.74, 6) is -1.55. The third-order valence-electron chi connectivity index (χ3n) is 6.32. The molecule has 2 fully saturated rings. The number of rotatable bonds is 3. The first-order chi connectivity index (χ1) is 15.6. The van der Waals surface area contributed by atoms with Crippen molar-refractivity contribution in [1.82, 2.24) is 19.7 Å². The SMILES string of the molecule is O=C(c1cc(O)ccc1F)N1CC2(CC(n3nc(-c4ccc[nH]c4=O)cc3C(F)(F)F)C2)C1. The molecule has 1 saturated heterocycles. The Morgan fingerprint density at radius 1 is 1.18 bits per heavy atom. The molecule has 2 N–H and O–H groups in total. The van der Waals surface area contributed by atoms with E-state index < -0.39 is 35.2 Å². The fourth-order valence-electron chi connectivity index (χ4n) is 4.76. The fourth-order valence-corrected chi connectivity index (χ4v) is 4.76. The number of phenolic OH excluding ortho intramolecular Hbond substituents is 1. The number of hydrogen-bond acceptors (Lipinski definition) is 4. The molecule has 1 aromatic carbocycles. The monoisotopic (exact) mass is 462 g/mol. The van der Waals surface area contributed by atoms with Crippen LogP contribution in [0.15, 0.2) is 47.4 Å². The molecule has 3 aromatic rings. The zero-order chi connectivity index (χ0) is 23.5. The maximum Gasteiger partial charge on any atom is 0.433 e. The molecule has 2 aromatic heterocycles. The van der Waals surface area contributed by atoms with E-state index in [0.29, 0.717) is 12.8 Å². The zero-order valence-electron chi connectivity index (χ0n) is 17.1. The average molecular weight is 462 g/mol. The van der Waals surface area contributed by atoms with Gasteiger partial charge in [0.05, 0.1) is 22.9 Å². The molecule has 5 rings (SSSR count). The molecule has 172 valence electrons. The Morgan fingerprint density at radius 2 is 1.91 bits per heavy atom. The zero-order valence-corrected chi connectivity index (χ0v) is 17.1. The Balaban J connectivity index is 1.33. The number of amides is 1. The molecule has 2 aliphatic rings. The second-order valence-corrected chi connectivity index (χ2v) is 8.66. The van der Waals surface area contributed by atoms with Gasteiger partial charge in [-0.15, -0.1) is 0 Å². The van der Waals surface area contributed by atoms with Crippen LogP contribution in [0.2, 0.25) is 0 Å². The molecule has 0 radical (unpaired) electrons. The highest BCUT2D eigenvalue weighted by Gasteiger charge is 2.56. The number of nitrogens with zero attached hydrogens (tertiary/aromatic N) is 3. The van der Waals surface area contributed by atoms with Gasteiger partial charge in [-0.05, 0) is 49.2 Å². The molecular weight excluding hydrogens is 444 g/mol. The van der Waals surface area contributed by atoms with Crippen LogP contribution in [0.4, 0.5) is 17.6 Å². The molecule has 1 aliphatic carbocycles. The van der Waals surface area contributed by atoms with Crippen LogP contribution in [0.1, 0.15) is 34.9 Å². The van der Waals surface area contributed by atoms with E-state index >= 15 is 0 Å². The number of aromatic amines is 1. The lowest BCUT2D eigenvalue weighted by atomic mass is 9.60. The van der Waals surface area contributed by atoms with Gasteiger partial charge in [-0.2, -0.15) is 18.3 Å². The van der Waals surface area contributed by atoms with Gasteiger partial charge < -0.3 is 15.0 Å². The highest BCUT2D eigenvalue weighted by atomic mass is 19.4. The number of phenols is 1. The topological polar surface area (TPSA) is 91.2 Å². The lowest BCUT2D eigenvalue weighted by Crippen LogP contribution is -2.64. The third kappa shape index (κ3) is 3.57. The van der Waals surface area contributed by atoms with Crippen molar-refractivity contribution in [2.45, 2.75) is 25.1 Å². The molecule has 1 aliphatic heterocycles. The van der Waals surface area contributed by atoms with Crippen molar-refractivity contribution in [3.8, 4) is 17.0 Å². The summed E-state index contributed by atoms with van der Waals surface area (Å²) in [5, 5.41) is 13.6. The van der Waals surface area contributed by atoms with Gasteiger partial charge in [-0.3, -0.25) is 14.3 Å². The van der Waals surface area contributed by atoms with Crippen LogP contribution in [0.3, 0.4) is 0 Å². The maximum absolute atomic E-state index is 13.9. The van der Waals surface area contributed by atoms with Gasteiger partial charge in [-0.25, -0.2) is 4.39 Å². The third-order valence-corrected chi connectivity index (χ3v) is 6.32. The summed E-state index contributed by atoms with van der Waals surface area (Å²) >= 11 is 0. The Labute approximate surface area is 184 Å². The van der Waals surface area contributed by atoms with Crippen molar-refractivity contribution in [2.75, 3.05) is 13.1 Å². The van der Waals surface area contributed by atoms with Gasteiger partial charge in [0.15, 0.2) is 0 Å². The minimum absolute atomic E-state index is 0.0457. The highest BCUT2D eigenvalue weighted by molar-refractivity contribution is 5.95. The standard InChI is InChI=1S/C22H18F4N4O3/c23-16-4-3-13(31)6-15(16)20(33)29-10-21(11-29)8-12(9-21)30-18(22(24,25)26)7-17(28-30)14-2-1-5-27-19(14)32/h1-7,12,31H,8-11H2,(H,27,32). The van der Waals surface area contributed by atoms with Crippen LogP contribution in [0.5, 0.6) is 5.75 Å². The number of halogens is 4. The first-order valence-corrected chi connectivity index (χ1v) is 10.2. The van der Waals surface area contributed by atoms with Crippen LogP contribution < -0.4 is 5.56 Å². The van der Waals surface area contributed by atoms with Gasteiger partial charge >= 0.3 is 6.18 Å². The van der Waals surface area contributed by atoms with E-state index in [4.69, 9.17) is 0 Å². The van der Waals surface area contributed by atoms with Gasteiger partial charge in [0.1, 0.15) is 17.3 Å². The van der Waals surface area contributed by atoms with Crippen molar-refractivity contribution in [1.29, 1.82) is 0 Å². The fraction of sp³-hybridized carbons (Fsp3) is 0.318. The van der Waals surface area contributed by atoms with Crippen LogP contribution in [0.25, 0.3) is 11.3 Å². The van der Waals surface area contributed by atoms with Gasteiger partial charge in [0.25, 0.3) is 11.5 Å². The summed E-state index contributed by atoms with van der Waals surface area (Å²) in [4.78, 5) is 28.4. The Morgan fingerprint density at radius 3 is 2.58 bits per heavy atom. The summed E-state index contributed by atoms with van der Waals surface area (Å²) in [5.41, 5.74) is -2.08. The number of benzene rings is 1. The maximum atomic E-state index is 13.9. The molecule has 0 unspecified atom stereocenters. The molecule has 1 saturated carbocycles. The van der Waals surface area contributed by atoms with E-state index in [1.165, 1.54) is 23.2 Å². The van der Waals surface area contributed by atoms with E-state index in [1.54, 1.807) is 0 Å². The van der Waals surface area contributed by atoms with Crippen molar-refractivity contribution in [2.24, 2.45) is 5.41 Å². The summed E-state index contributed by atoms with van der Waals surface area (Å²) in [6, 6.07) is 6.45. The quantitative estimate of drug-likeness (QED) is 0.583. The summed E-state index contributed by atoms with van der Waals surface area (Å²) in [6.45, 7) is 0.566. The van der Waals surface area contributed by atoms with Crippen molar-refractivity contribution < 1.29 is 27.5 Å². The Bertz CT molecular complexity index is 1300. The second kappa shape index (κ2) is 7.19. The first kappa shape index (κ1) is 21.2. The molecule has 0 bridgehead atoms. The number of carbonyl (C=O) groups excluding carboxylic acids is 1. The van der Waals surface area contributed by atoms with E-state index in [1.807, 2.05) is 0 Å². The smallest absolute Gasteiger partial charge is 0.433 e. The van der Waals surface area contributed by atoms with E-state index in [9.17, 15) is 32.3 Å². The largest absolute Gasteiger partial charge is 0.508 e. The highest BCUT2D eigenvalue weighted by Crippen LogP contribution is 2.55. The van der Waals surface area contributed by atoms with Crippen LogP contribution in [-0.4, -0.2) is 43.8 Å². The van der Waals surface area contributed by atoms with Crippen LogP contribution in [-0.2, 0) is 6.18 Å². The molecule has 11 heteroatoms. The molecule has 33 heavy (non-hydrogen) atoms. The lowest BCUT2D eigenvalue weighted by molar-refractivity contribution is -0.149. The normalized spacial score (nSPS) is 17.6. The number of alkyl halides is 3. The number of hydrogen-bond donors (Lipinski definition) is 2. The number of aromatic hydroxyl groups is 1. The molecule has 1 amide bonds. The molecule has 7 nitrogen and oxygen atoms in total. The lowest BCUT2D eigenvalue weighted by Gasteiger charge is -2.59. The molecule has 3 heterocycles. The van der Waals surface area contributed by atoms with E-state index in [-0.39, 0.29) is 41.1 Å². The van der Waals surface area contributed by atoms with E-state index in [2.05, 4.69) is 10.1 Å². The minimum atomic E-state index is -4.65. The van der Waals surface area contributed by atoms with Crippen molar-refractivity contribution >= 4 is 5.91 Å². The number of pyridine rings is 1. The van der Waals surface area contributed by atoms with E-state index in [0.717, 1.165) is 28.9 Å². The number of nitrogens with one attached hydrogen (secondary N) is 1. The summed E-state index contributed by atoms with van der Waals surface area (Å²) < 4.78 is 55.8. The van der Waals surface area contributed by atoms with Crippen LogP contribution >= 0.6 is 0 Å². The number of likely N-dealkylation sites (tertiary alicyclic amines) is 1. The van der Waals surface area contributed by atoms with Crippen molar-refractivity contribution in [3.63, 3.8) is 0 Å². The van der Waals surface area contributed by atoms with Crippen molar-refractivity contribution in [3.05, 3.63) is 70.0 Å². The Kier molecular flexibility index (Phi) is 4.62. The number of H-pyrrole nitrogens is 1. The summed E-state index contributed by atoms with van der Waals surface area (Å²) in [7, 11) is 0. The van der Waals surface area contributed by atoms with Gasteiger partial charge in [0, 0.05) is 24.7 Å². The molecule has 0 atom stereocenters. The minimum Gasteiger partial charge on any atom is -0.508 e. The predicted molar refractivity (Wildman–Crippen MR) is 108 cm³/mol. The Hall–Kier alpha value is -3.63. The van der Waals surface area contributed by atoms with Gasteiger partial charge in [-0.1, -0.05) is 0 Å². The first-order valence-electron chi connectivity index (χ1n) is 10.2. The predicted octanol–water partition coefficient (Wildman–Crippen LogP) is 3.58. The number of carbonyl (C=O) groups is 1. The molecule has 1 spiro atoms.